The van der Waals surface area contributed by atoms with E-state index in [-0.39, 0.29) is 25.6 Å². The highest BCUT2D eigenvalue weighted by atomic mass is 35.5. The minimum absolute atomic E-state index is 0. The fourth-order valence-corrected chi connectivity index (χ4v) is 3.46. The first-order chi connectivity index (χ1) is 11.1. The molecule has 1 saturated heterocycles. The molecule has 4 atom stereocenters. The van der Waals surface area contributed by atoms with E-state index in [2.05, 4.69) is 12.2 Å². The van der Waals surface area contributed by atoms with Crippen molar-refractivity contribution >= 4 is 12.4 Å². The zero-order valence-electron chi connectivity index (χ0n) is 15.1. The van der Waals surface area contributed by atoms with E-state index in [1.165, 1.54) is 51.4 Å². The molecule has 0 radical (unpaired) electrons. The van der Waals surface area contributed by atoms with E-state index in [0.717, 1.165) is 12.8 Å². The van der Waals surface area contributed by atoms with Crippen LogP contribution in [0.25, 0.3) is 0 Å². The molecule has 146 valence electrons. The number of nitrogens with one attached hydrogen (secondary N) is 1. The van der Waals surface area contributed by atoms with Crippen LogP contribution < -0.4 is 5.32 Å². The molecule has 0 saturated carbocycles. The zero-order chi connectivity index (χ0) is 17.1. The Morgan fingerprint density at radius 1 is 0.875 bits per heavy atom. The molecule has 1 fully saturated rings. The molecule has 24 heavy (non-hydrogen) atoms. The molecule has 0 aromatic carbocycles. The fourth-order valence-electron chi connectivity index (χ4n) is 3.46. The van der Waals surface area contributed by atoms with Gasteiger partial charge in [-0.15, -0.1) is 12.4 Å². The van der Waals surface area contributed by atoms with Crippen molar-refractivity contribution in [1.29, 1.82) is 0 Å². The first-order valence-electron chi connectivity index (χ1n) is 9.47. The van der Waals surface area contributed by atoms with Crippen LogP contribution >= 0.6 is 12.4 Å². The van der Waals surface area contributed by atoms with E-state index in [0.29, 0.717) is 6.42 Å². The van der Waals surface area contributed by atoms with Gasteiger partial charge in [-0.3, -0.25) is 0 Å². The summed E-state index contributed by atoms with van der Waals surface area (Å²) in [6, 6.07) is 0. The smallest absolute Gasteiger partial charge is 0.109 e. The van der Waals surface area contributed by atoms with Crippen LogP contribution in [-0.4, -0.2) is 57.4 Å². The molecule has 6 heteroatoms. The van der Waals surface area contributed by atoms with Gasteiger partial charge in [-0.1, -0.05) is 71.1 Å². The van der Waals surface area contributed by atoms with Gasteiger partial charge < -0.3 is 25.7 Å². The molecule has 0 aromatic heterocycles. The SMILES string of the molecule is CCCCCCCCCCCC[C@]1(CO)NC[C@H](O)[C@@H](O)[C@@H]1O.Cl. The van der Waals surface area contributed by atoms with Crippen LogP contribution in [0.15, 0.2) is 0 Å². The molecule has 0 aromatic rings. The van der Waals surface area contributed by atoms with Crippen LogP contribution in [-0.2, 0) is 0 Å². The van der Waals surface area contributed by atoms with Gasteiger partial charge in [0.15, 0.2) is 0 Å². The van der Waals surface area contributed by atoms with Gasteiger partial charge in [-0.05, 0) is 6.42 Å². The van der Waals surface area contributed by atoms with Crippen molar-refractivity contribution in [1.82, 2.24) is 5.32 Å². The molecule has 1 aliphatic heterocycles. The predicted molar refractivity (Wildman–Crippen MR) is 99.5 cm³/mol. The lowest BCUT2D eigenvalue weighted by atomic mass is 9.79. The number of unbranched alkanes of at least 4 members (excludes halogenated alkanes) is 9. The van der Waals surface area contributed by atoms with Gasteiger partial charge in [-0.2, -0.15) is 0 Å². The molecular formula is C18H38ClNO4. The summed E-state index contributed by atoms with van der Waals surface area (Å²) in [7, 11) is 0. The number of piperidine rings is 1. The monoisotopic (exact) mass is 367 g/mol. The fraction of sp³-hybridized carbons (Fsp3) is 1.00. The third-order valence-electron chi connectivity index (χ3n) is 5.21. The summed E-state index contributed by atoms with van der Waals surface area (Å²) in [4.78, 5) is 0. The van der Waals surface area contributed by atoms with E-state index in [1.807, 2.05) is 0 Å². The van der Waals surface area contributed by atoms with Crippen molar-refractivity contribution < 1.29 is 20.4 Å². The summed E-state index contributed by atoms with van der Waals surface area (Å²) in [5.41, 5.74) is -0.876. The Labute approximate surface area is 153 Å². The Balaban J connectivity index is 0.00000529. The van der Waals surface area contributed by atoms with Crippen molar-refractivity contribution in [2.45, 2.75) is 101 Å². The second kappa shape index (κ2) is 13.3. The number of hydrogen-bond acceptors (Lipinski definition) is 5. The van der Waals surface area contributed by atoms with E-state index < -0.39 is 23.9 Å². The highest BCUT2D eigenvalue weighted by Gasteiger charge is 2.46. The van der Waals surface area contributed by atoms with Crippen LogP contribution in [0.3, 0.4) is 0 Å². The lowest BCUT2D eigenvalue weighted by Crippen LogP contribution is -2.69. The number of rotatable bonds is 12. The van der Waals surface area contributed by atoms with Crippen molar-refractivity contribution in [2.24, 2.45) is 0 Å². The van der Waals surface area contributed by atoms with Crippen LogP contribution in [0.5, 0.6) is 0 Å². The van der Waals surface area contributed by atoms with Crippen molar-refractivity contribution in [2.75, 3.05) is 13.2 Å². The minimum Gasteiger partial charge on any atom is -0.394 e. The summed E-state index contributed by atoms with van der Waals surface area (Å²) in [5.74, 6) is 0. The minimum atomic E-state index is -1.19. The van der Waals surface area contributed by atoms with Crippen molar-refractivity contribution in [3.63, 3.8) is 0 Å². The van der Waals surface area contributed by atoms with Gasteiger partial charge in [0.25, 0.3) is 0 Å². The van der Waals surface area contributed by atoms with Gasteiger partial charge in [0.1, 0.15) is 12.2 Å². The van der Waals surface area contributed by atoms with E-state index in [4.69, 9.17) is 0 Å². The lowest BCUT2D eigenvalue weighted by Gasteiger charge is -2.45. The maximum absolute atomic E-state index is 10.2. The molecule has 5 N–H and O–H groups in total. The van der Waals surface area contributed by atoms with Gasteiger partial charge in [-0.25, -0.2) is 0 Å². The molecule has 0 bridgehead atoms. The summed E-state index contributed by atoms with van der Waals surface area (Å²) >= 11 is 0. The maximum Gasteiger partial charge on any atom is 0.109 e. The number of aliphatic hydroxyl groups is 4. The average Bonchev–Trinajstić information content (AvgIpc) is 2.56. The second-order valence-electron chi connectivity index (χ2n) is 7.13. The molecule has 0 amide bonds. The van der Waals surface area contributed by atoms with E-state index in [1.54, 1.807) is 0 Å². The Bertz CT molecular complexity index is 309. The molecule has 0 unspecified atom stereocenters. The van der Waals surface area contributed by atoms with Gasteiger partial charge >= 0.3 is 0 Å². The van der Waals surface area contributed by atoms with Crippen LogP contribution in [0, 0.1) is 0 Å². The van der Waals surface area contributed by atoms with Gasteiger partial charge in [0.2, 0.25) is 0 Å². The molecule has 1 rings (SSSR count). The Morgan fingerprint density at radius 3 is 1.88 bits per heavy atom. The lowest BCUT2D eigenvalue weighted by molar-refractivity contribution is -0.135. The number of aliphatic hydroxyl groups excluding tert-OH is 4. The summed E-state index contributed by atoms with van der Waals surface area (Å²) in [5, 5.41) is 42.2. The quantitative estimate of drug-likeness (QED) is 0.341. The summed E-state index contributed by atoms with van der Waals surface area (Å²) in [6.45, 7) is 2.21. The molecule has 1 heterocycles. The summed E-state index contributed by atoms with van der Waals surface area (Å²) < 4.78 is 0. The standard InChI is InChI=1S/C18H37NO4.ClH/c1-2-3-4-5-6-7-8-9-10-11-12-18(14-20)17(23)16(22)15(21)13-19-18;/h15-17,19-23H,2-14H2,1H3;1H/t15-,16+,17-,18+;/m0./s1. The second-order valence-corrected chi connectivity index (χ2v) is 7.13. The first kappa shape index (κ1) is 24.1. The zero-order valence-corrected chi connectivity index (χ0v) is 15.9. The number of hydrogen-bond donors (Lipinski definition) is 5. The predicted octanol–water partition coefficient (Wildman–Crippen LogP) is 2.14. The normalized spacial score (nSPS) is 30.1. The summed E-state index contributed by atoms with van der Waals surface area (Å²) in [6.07, 6.45) is 9.68. The topological polar surface area (TPSA) is 93.0 Å². The van der Waals surface area contributed by atoms with Crippen molar-refractivity contribution in [3.05, 3.63) is 0 Å². The average molecular weight is 368 g/mol. The molecule has 0 aliphatic carbocycles. The molecule has 5 nitrogen and oxygen atoms in total. The van der Waals surface area contributed by atoms with Crippen LogP contribution in [0.4, 0.5) is 0 Å². The third kappa shape index (κ3) is 7.54. The first-order valence-corrected chi connectivity index (χ1v) is 9.47. The largest absolute Gasteiger partial charge is 0.394 e. The van der Waals surface area contributed by atoms with Crippen LogP contribution in [0.2, 0.25) is 0 Å². The van der Waals surface area contributed by atoms with Gasteiger partial charge in [0, 0.05) is 6.54 Å². The Kier molecular flexibility index (Phi) is 13.4. The highest BCUT2D eigenvalue weighted by molar-refractivity contribution is 5.85. The number of halogens is 1. The van der Waals surface area contributed by atoms with E-state index in [9.17, 15) is 20.4 Å². The van der Waals surface area contributed by atoms with Crippen molar-refractivity contribution in [3.8, 4) is 0 Å². The molecule has 0 spiro atoms. The Hall–Kier alpha value is 0.0900. The van der Waals surface area contributed by atoms with E-state index >= 15 is 0 Å². The highest BCUT2D eigenvalue weighted by Crippen LogP contribution is 2.26. The van der Waals surface area contributed by atoms with Gasteiger partial charge in [0.05, 0.1) is 18.2 Å². The number of β-amino-alcohol motifs (C(OH)–C–C–N with tert-alkyl or cyclic N) is 1. The molecular weight excluding hydrogens is 330 g/mol. The Morgan fingerprint density at radius 2 is 1.38 bits per heavy atom. The third-order valence-corrected chi connectivity index (χ3v) is 5.21. The van der Waals surface area contributed by atoms with Crippen LogP contribution in [0.1, 0.15) is 77.6 Å². The molecule has 1 aliphatic rings. The maximum atomic E-state index is 10.2.